The number of anilines is 1. The summed E-state index contributed by atoms with van der Waals surface area (Å²) < 4.78 is 0. The molecule has 0 aliphatic carbocycles. The van der Waals surface area contributed by atoms with Gasteiger partial charge in [0, 0.05) is 42.5 Å². The van der Waals surface area contributed by atoms with Crippen molar-refractivity contribution in [3.05, 3.63) is 39.2 Å². The molecule has 138 valence electrons. The first-order valence-corrected chi connectivity index (χ1v) is 10.7. The summed E-state index contributed by atoms with van der Waals surface area (Å²) >= 11 is 3.59. The molecular weight excluding hydrogens is 362 g/mol. The Hall–Kier alpha value is -1.54. The molecule has 26 heavy (non-hydrogen) atoms. The van der Waals surface area contributed by atoms with Gasteiger partial charge in [-0.25, -0.2) is 9.97 Å². The Kier molecular flexibility index (Phi) is 5.22. The zero-order chi connectivity index (χ0) is 18.1. The summed E-state index contributed by atoms with van der Waals surface area (Å²) in [5.74, 6) is 0.965. The van der Waals surface area contributed by atoms with Crippen molar-refractivity contribution < 1.29 is 0 Å². The molecule has 0 saturated carbocycles. The van der Waals surface area contributed by atoms with E-state index < -0.39 is 0 Å². The Morgan fingerprint density at radius 1 is 1.19 bits per heavy atom. The van der Waals surface area contributed by atoms with Crippen LogP contribution in [-0.2, 0) is 0 Å². The third-order valence-electron chi connectivity index (χ3n) is 5.28. The number of nitrogens with one attached hydrogen (secondary N) is 1. The maximum absolute atomic E-state index is 4.55. The van der Waals surface area contributed by atoms with Crippen LogP contribution in [0.2, 0.25) is 0 Å². The van der Waals surface area contributed by atoms with E-state index in [0.29, 0.717) is 6.04 Å². The summed E-state index contributed by atoms with van der Waals surface area (Å²) in [6.07, 6.45) is 1.68. The number of nitrogens with zero attached hydrogens (tertiary/aromatic N) is 4. The van der Waals surface area contributed by atoms with Crippen LogP contribution in [0.25, 0.3) is 10.2 Å². The van der Waals surface area contributed by atoms with Crippen molar-refractivity contribution in [2.75, 3.05) is 45.1 Å². The van der Waals surface area contributed by atoms with Gasteiger partial charge in [0.05, 0.1) is 11.4 Å². The van der Waals surface area contributed by atoms with E-state index in [9.17, 15) is 0 Å². The molecule has 1 unspecified atom stereocenters. The molecule has 0 aromatic carbocycles. The normalized spacial score (nSPS) is 17.7. The van der Waals surface area contributed by atoms with Gasteiger partial charge in [-0.2, -0.15) is 0 Å². The van der Waals surface area contributed by atoms with E-state index in [1.807, 2.05) is 11.3 Å². The van der Waals surface area contributed by atoms with Crippen molar-refractivity contribution in [2.24, 2.45) is 0 Å². The summed E-state index contributed by atoms with van der Waals surface area (Å²) in [6, 6.07) is 4.79. The first kappa shape index (κ1) is 17.9. The Balaban J connectivity index is 1.57. The second-order valence-electron chi connectivity index (χ2n) is 6.94. The maximum Gasteiger partial charge on any atom is 0.138 e. The molecule has 1 saturated heterocycles. The van der Waals surface area contributed by atoms with Crippen LogP contribution >= 0.6 is 22.7 Å². The molecule has 7 heteroatoms. The average Bonchev–Trinajstić information content (AvgIpc) is 3.26. The lowest BCUT2D eigenvalue weighted by Crippen LogP contribution is -2.47. The Bertz CT molecular complexity index is 866. The third-order valence-corrected chi connectivity index (χ3v) is 7.37. The number of thiophene rings is 2. The van der Waals surface area contributed by atoms with Gasteiger partial charge in [0.1, 0.15) is 17.0 Å². The third kappa shape index (κ3) is 3.49. The summed E-state index contributed by atoms with van der Waals surface area (Å²) in [4.78, 5) is 17.8. The van der Waals surface area contributed by atoms with Crippen LogP contribution in [0.3, 0.4) is 0 Å². The highest BCUT2D eigenvalue weighted by molar-refractivity contribution is 7.18. The SMILES string of the molecule is Cc1sc2ncnc(NCC(c3cccs3)N3CCN(C)CC3)c2c1C. The molecular formula is C19H25N5S2. The minimum atomic E-state index is 0.383. The summed E-state index contributed by atoms with van der Waals surface area (Å²) in [5.41, 5.74) is 1.29. The highest BCUT2D eigenvalue weighted by Gasteiger charge is 2.25. The van der Waals surface area contributed by atoms with Crippen LogP contribution < -0.4 is 5.32 Å². The molecule has 0 spiro atoms. The molecule has 1 aliphatic rings. The van der Waals surface area contributed by atoms with Gasteiger partial charge in [0.25, 0.3) is 0 Å². The second-order valence-corrected chi connectivity index (χ2v) is 9.12. The zero-order valence-electron chi connectivity index (χ0n) is 15.5. The number of rotatable bonds is 5. The van der Waals surface area contributed by atoms with Crippen molar-refractivity contribution in [3.63, 3.8) is 0 Å². The fourth-order valence-corrected chi connectivity index (χ4v) is 5.39. The Morgan fingerprint density at radius 3 is 2.73 bits per heavy atom. The Labute approximate surface area is 162 Å². The van der Waals surface area contributed by atoms with Gasteiger partial charge in [-0.05, 0) is 37.9 Å². The van der Waals surface area contributed by atoms with Crippen LogP contribution in [-0.4, -0.2) is 59.5 Å². The lowest BCUT2D eigenvalue weighted by molar-refractivity contribution is 0.118. The maximum atomic E-state index is 4.55. The van der Waals surface area contributed by atoms with Gasteiger partial charge in [0.15, 0.2) is 0 Å². The number of aryl methyl sites for hydroxylation is 2. The van der Waals surface area contributed by atoms with E-state index in [1.54, 1.807) is 17.7 Å². The largest absolute Gasteiger partial charge is 0.367 e. The standard InChI is InChI=1S/C19H25N5S2/c1-13-14(2)26-19-17(13)18(21-12-22-19)20-11-15(16-5-4-10-25-16)24-8-6-23(3)7-9-24/h4-5,10,12,15H,6-9,11H2,1-3H3,(H,20,21,22). The summed E-state index contributed by atoms with van der Waals surface area (Å²) in [5, 5.41) is 7.00. The number of hydrogen-bond acceptors (Lipinski definition) is 7. The molecule has 3 aromatic heterocycles. The molecule has 4 rings (SSSR count). The quantitative estimate of drug-likeness (QED) is 0.722. The molecule has 5 nitrogen and oxygen atoms in total. The Morgan fingerprint density at radius 2 is 2.00 bits per heavy atom. The molecule has 0 bridgehead atoms. The predicted octanol–water partition coefficient (Wildman–Crippen LogP) is 3.77. The number of fused-ring (bicyclic) bond motifs is 1. The number of aromatic nitrogens is 2. The fraction of sp³-hybridized carbons (Fsp3) is 0.474. The minimum Gasteiger partial charge on any atom is -0.367 e. The van der Waals surface area contributed by atoms with Gasteiger partial charge in [-0.1, -0.05) is 6.07 Å². The van der Waals surface area contributed by atoms with Gasteiger partial charge in [0.2, 0.25) is 0 Å². The molecule has 3 aromatic rings. The number of piperazine rings is 1. The van der Waals surface area contributed by atoms with E-state index in [1.165, 1.54) is 20.7 Å². The van der Waals surface area contributed by atoms with Crippen LogP contribution in [0.1, 0.15) is 21.4 Å². The first-order chi connectivity index (χ1) is 12.6. The summed E-state index contributed by atoms with van der Waals surface area (Å²) in [7, 11) is 2.20. The van der Waals surface area contributed by atoms with E-state index in [0.717, 1.165) is 43.4 Å². The van der Waals surface area contributed by atoms with Gasteiger partial charge in [-0.15, -0.1) is 22.7 Å². The molecule has 0 radical (unpaired) electrons. The smallest absolute Gasteiger partial charge is 0.138 e. The molecule has 1 aliphatic heterocycles. The molecule has 4 heterocycles. The number of likely N-dealkylation sites (N-methyl/N-ethyl adjacent to an activating group) is 1. The van der Waals surface area contributed by atoms with Crippen LogP contribution in [0.5, 0.6) is 0 Å². The van der Waals surface area contributed by atoms with E-state index in [-0.39, 0.29) is 0 Å². The zero-order valence-corrected chi connectivity index (χ0v) is 17.2. The van der Waals surface area contributed by atoms with Crippen molar-refractivity contribution in [1.29, 1.82) is 0 Å². The molecule has 1 atom stereocenters. The lowest BCUT2D eigenvalue weighted by Gasteiger charge is -2.37. The molecule has 1 fully saturated rings. The molecule has 1 N–H and O–H groups in total. The topological polar surface area (TPSA) is 44.3 Å². The number of hydrogen-bond donors (Lipinski definition) is 1. The van der Waals surface area contributed by atoms with Crippen molar-refractivity contribution in [1.82, 2.24) is 19.8 Å². The van der Waals surface area contributed by atoms with E-state index in [4.69, 9.17) is 0 Å². The van der Waals surface area contributed by atoms with Crippen LogP contribution in [0, 0.1) is 13.8 Å². The van der Waals surface area contributed by atoms with Crippen molar-refractivity contribution >= 4 is 38.7 Å². The second kappa shape index (κ2) is 7.60. The van der Waals surface area contributed by atoms with E-state index >= 15 is 0 Å². The van der Waals surface area contributed by atoms with Gasteiger partial charge < -0.3 is 10.2 Å². The monoisotopic (exact) mass is 387 g/mol. The van der Waals surface area contributed by atoms with Gasteiger partial charge >= 0.3 is 0 Å². The van der Waals surface area contributed by atoms with Crippen molar-refractivity contribution in [2.45, 2.75) is 19.9 Å². The van der Waals surface area contributed by atoms with Crippen LogP contribution in [0.4, 0.5) is 5.82 Å². The fourth-order valence-electron chi connectivity index (χ4n) is 3.53. The van der Waals surface area contributed by atoms with Crippen LogP contribution in [0.15, 0.2) is 23.8 Å². The summed E-state index contributed by atoms with van der Waals surface area (Å²) in [6.45, 7) is 9.66. The highest BCUT2D eigenvalue weighted by atomic mass is 32.1. The van der Waals surface area contributed by atoms with Crippen molar-refractivity contribution in [3.8, 4) is 0 Å². The molecule has 0 amide bonds. The van der Waals surface area contributed by atoms with E-state index in [2.05, 4.69) is 63.5 Å². The lowest BCUT2D eigenvalue weighted by atomic mass is 10.1. The predicted molar refractivity (Wildman–Crippen MR) is 112 cm³/mol. The van der Waals surface area contributed by atoms with Gasteiger partial charge in [-0.3, -0.25) is 4.90 Å². The average molecular weight is 388 g/mol. The highest BCUT2D eigenvalue weighted by Crippen LogP contribution is 2.33. The first-order valence-electron chi connectivity index (χ1n) is 9.04. The minimum absolute atomic E-state index is 0.383.